The summed E-state index contributed by atoms with van der Waals surface area (Å²) in [5.41, 5.74) is 2.14. The van der Waals surface area contributed by atoms with Crippen LogP contribution in [0, 0.1) is 5.82 Å². The maximum atomic E-state index is 13.4. The second-order valence-electron chi connectivity index (χ2n) is 5.84. The Morgan fingerprint density at radius 1 is 1.04 bits per heavy atom. The lowest BCUT2D eigenvalue weighted by Crippen LogP contribution is -2.31. The van der Waals surface area contributed by atoms with Crippen LogP contribution >= 0.6 is 0 Å². The van der Waals surface area contributed by atoms with Crippen molar-refractivity contribution in [3.63, 3.8) is 0 Å². The van der Waals surface area contributed by atoms with Gasteiger partial charge in [0, 0.05) is 23.6 Å². The Hall–Kier alpha value is -3.35. The SMILES string of the molecule is O=C(COC(=O)COc1ccccc1F)NCCc1c[nH]c2ccccc12. The number of ether oxygens (including phenoxy) is 2. The van der Waals surface area contributed by atoms with Crippen LogP contribution < -0.4 is 10.1 Å². The van der Waals surface area contributed by atoms with E-state index in [1.807, 2.05) is 30.5 Å². The van der Waals surface area contributed by atoms with E-state index < -0.39 is 30.9 Å². The summed E-state index contributed by atoms with van der Waals surface area (Å²) in [6.45, 7) is -0.457. The van der Waals surface area contributed by atoms with Gasteiger partial charge < -0.3 is 19.8 Å². The number of H-pyrrole nitrogens is 1. The average molecular weight is 370 g/mol. The van der Waals surface area contributed by atoms with Gasteiger partial charge in [-0.2, -0.15) is 0 Å². The van der Waals surface area contributed by atoms with Crippen LogP contribution in [0.3, 0.4) is 0 Å². The van der Waals surface area contributed by atoms with E-state index in [4.69, 9.17) is 9.47 Å². The molecule has 0 saturated carbocycles. The third kappa shape index (κ3) is 5.07. The molecule has 0 aliphatic rings. The molecular weight excluding hydrogens is 351 g/mol. The van der Waals surface area contributed by atoms with Crippen molar-refractivity contribution in [2.24, 2.45) is 0 Å². The number of esters is 1. The number of hydrogen-bond donors (Lipinski definition) is 2. The molecular formula is C20H19FN2O4. The fourth-order valence-electron chi connectivity index (χ4n) is 2.61. The lowest BCUT2D eigenvalue weighted by Gasteiger charge is -2.08. The number of carbonyl (C=O) groups excluding carboxylic acids is 2. The summed E-state index contributed by atoms with van der Waals surface area (Å²) < 4.78 is 23.2. The Morgan fingerprint density at radius 3 is 2.67 bits per heavy atom. The smallest absolute Gasteiger partial charge is 0.344 e. The van der Waals surface area contributed by atoms with Gasteiger partial charge in [0.05, 0.1) is 0 Å². The topological polar surface area (TPSA) is 80.4 Å². The van der Waals surface area contributed by atoms with Crippen molar-refractivity contribution in [1.82, 2.24) is 10.3 Å². The lowest BCUT2D eigenvalue weighted by molar-refractivity contribution is -0.150. The molecule has 2 N–H and O–H groups in total. The molecule has 0 aliphatic carbocycles. The second kappa shape index (κ2) is 8.84. The van der Waals surface area contributed by atoms with E-state index in [1.165, 1.54) is 18.2 Å². The number of fused-ring (bicyclic) bond motifs is 1. The summed E-state index contributed by atoms with van der Waals surface area (Å²) in [4.78, 5) is 26.5. The summed E-state index contributed by atoms with van der Waals surface area (Å²) in [5, 5.41) is 3.81. The predicted molar refractivity (Wildman–Crippen MR) is 97.9 cm³/mol. The number of amides is 1. The molecule has 0 saturated heterocycles. The van der Waals surface area contributed by atoms with Gasteiger partial charge in [-0.15, -0.1) is 0 Å². The van der Waals surface area contributed by atoms with E-state index in [1.54, 1.807) is 6.07 Å². The van der Waals surface area contributed by atoms with Crippen molar-refractivity contribution in [3.05, 3.63) is 66.1 Å². The zero-order valence-electron chi connectivity index (χ0n) is 14.5. The summed E-state index contributed by atoms with van der Waals surface area (Å²) in [6.07, 6.45) is 2.57. The van der Waals surface area contributed by atoms with Crippen LogP contribution in [-0.2, 0) is 20.7 Å². The van der Waals surface area contributed by atoms with Crippen molar-refractivity contribution in [1.29, 1.82) is 0 Å². The number of aromatic amines is 1. The van der Waals surface area contributed by atoms with Gasteiger partial charge in [0.25, 0.3) is 5.91 Å². The van der Waals surface area contributed by atoms with E-state index in [-0.39, 0.29) is 5.75 Å². The third-order valence-corrected chi connectivity index (χ3v) is 3.94. The number of hydrogen-bond acceptors (Lipinski definition) is 4. The molecule has 1 amide bonds. The van der Waals surface area contributed by atoms with Crippen molar-refractivity contribution in [2.45, 2.75) is 6.42 Å². The van der Waals surface area contributed by atoms with Gasteiger partial charge in [-0.1, -0.05) is 30.3 Å². The lowest BCUT2D eigenvalue weighted by atomic mass is 10.1. The van der Waals surface area contributed by atoms with Gasteiger partial charge in [0.1, 0.15) is 0 Å². The van der Waals surface area contributed by atoms with Gasteiger partial charge in [0.15, 0.2) is 24.8 Å². The van der Waals surface area contributed by atoms with Crippen LogP contribution in [0.25, 0.3) is 10.9 Å². The first-order valence-corrected chi connectivity index (χ1v) is 8.48. The summed E-state index contributed by atoms with van der Waals surface area (Å²) >= 11 is 0. The number of benzene rings is 2. The maximum Gasteiger partial charge on any atom is 0.344 e. The molecule has 6 nitrogen and oxygen atoms in total. The van der Waals surface area contributed by atoms with E-state index >= 15 is 0 Å². The maximum absolute atomic E-state index is 13.4. The first-order chi connectivity index (χ1) is 13.1. The first-order valence-electron chi connectivity index (χ1n) is 8.48. The Labute approximate surface area is 155 Å². The summed E-state index contributed by atoms with van der Waals surface area (Å²) in [6, 6.07) is 13.6. The molecule has 0 spiro atoms. The van der Waals surface area contributed by atoms with Gasteiger partial charge in [-0.25, -0.2) is 9.18 Å². The molecule has 1 heterocycles. The minimum absolute atomic E-state index is 0.0439. The molecule has 3 aromatic rings. The van der Waals surface area contributed by atoms with Crippen LogP contribution in [0.1, 0.15) is 5.56 Å². The molecule has 27 heavy (non-hydrogen) atoms. The molecule has 3 rings (SSSR count). The number of aromatic nitrogens is 1. The van der Waals surface area contributed by atoms with E-state index in [2.05, 4.69) is 10.3 Å². The standard InChI is InChI=1S/C20H19FN2O4/c21-16-6-2-4-8-18(16)26-13-20(25)27-12-19(24)22-10-9-14-11-23-17-7-3-1-5-15(14)17/h1-8,11,23H,9-10,12-13H2,(H,22,24). The molecule has 0 radical (unpaired) electrons. The minimum Gasteiger partial charge on any atom is -0.479 e. The highest BCUT2D eigenvalue weighted by atomic mass is 19.1. The van der Waals surface area contributed by atoms with Crippen molar-refractivity contribution in [2.75, 3.05) is 19.8 Å². The number of halogens is 1. The normalized spacial score (nSPS) is 10.6. The van der Waals surface area contributed by atoms with E-state index in [0.717, 1.165) is 16.5 Å². The van der Waals surface area contributed by atoms with Crippen LogP contribution in [0.15, 0.2) is 54.7 Å². The molecule has 7 heteroatoms. The summed E-state index contributed by atoms with van der Waals surface area (Å²) in [5.74, 6) is -1.77. The molecule has 0 atom stereocenters. The molecule has 0 unspecified atom stereocenters. The van der Waals surface area contributed by atoms with E-state index in [9.17, 15) is 14.0 Å². The fraction of sp³-hybridized carbons (Fsp3) is 0.200. The summed E-state index contributed by atoms with van der Waals surface area (Å²) in [7, 11) is 0. The van der Waals surface area contributed by atoms with Crippen LogP contribution in [-0.4, -0.2) is 36.6 Å². The van der Waals surface area contributed by atoms with Gasteiger partial charge >= 0.3 is 5.97 Å². The van der Waals surface area contributed by atoms with Crippen LogP contribution in [0.5, 0.6) is 5.75 Å². The van der Waals surface area contributed by atoms with Gasteiger partial charge in [0.2, 0.25) is 0 Å². The molecule has 140 valence electrons. The monoisotopic (exact) mass is 370 g/mol. The zero-order chi connectivity index (χ0) is 19.1. The number of para-hydroxylation sites is 2. The molecule has 1 aromatic heterocycles. The minimum atomic E-state index is -0.745. The fourth-order valence-corrected chi connectivity index (χ4v) is 2.61. The number of rotatable bonds is 8. The highest BCUT2D eigenvalue weighted by molar-refractivity contribution is 5.83. The number of carbonyl (C=O) groups is 2. The highest BCUT2D eigenvalue weighted by Crippen LogP contribution is 2.17. The van der Waals surface area contributed by atoms with Gasteiger partial charge in [-0.05, 0) is 30.2 Å². The quantitative estimate of drug-likeness (QED) is 0.597. The van der Waals surface area contributed by atoms with Crippen LogP contribution in [0.4, 0.5) is 4.39 Å². The molecule has 2 aromatic carbocycles. The first kappa shape index (κ1) is 18.4. The average Bonchev–Trinajstić information content (AvgIpc) is 3.09. The Balaban J connectivity index is 1.36. The molecule has 0 fully saturated rings. The largest absolute Gasteiger partial charge is 0.479 e. The Kier molecular flexibility index (Phi) is 6.04. The predicted octanol–water partition coefficient (Wildman–Crippen LogP) is 2.59. The molecule has 0 aliphatic heterocycles. The van der Waals surface area contributed by atoms with E-state index in [0.29, 0.717) is 13.0 Å². The van der Waals surface area contributed by atoms with Gasteiger partial charge in [-0.3, -0.25) is 4.79 Å². The van der Waals surface area contributed by atoms with Crippen molar-refractivity contribution < 1.29 is 23.5 Å². The van der Waals surface area contributed by atoms with Crippen molar-refractivity contribution >= 4 is 22.8 Å². The number of nitrogens with one attached hydrogen (secondary N) is 2. The van der Waals surface area contributed by atoms with Crippen molar-refractivity contribution in [3.8, 4) is 5.75 Å². The Bertz CT molecular complexity index is 938. The molecule has 0 bridgehead atoms. The second-order valence-corrected chi connectivity index (χ2v) is 5.84. The third-order valence-electron chi connectivity index (χ3n) is 3.94. The van der Waals surface area contributed by atoms with Crippen LogP contribution in [0.2, 0.25) is 0 Å². The highest BCUT2D eigenvalue weighted by Gasteiger charge is 2.10. The Morgan fingerprint density at radius 2 is 1.81 bits per heavy atom. The zero-order valence-corrected chi connectivity index (χ0v) is 14.5.